The first-order chi connectivity index (χ1) is 25.9. The van der Waals surface area contributed by atoms with Crippen LogP contribution in [0.15, 0.2) is 108 Å². The van der Waals surface area contributed by atoms with Gasteiger partial charge in [0, 0.05) is 49.8 Å². The molecule has 2 heterocycles. The van der Waals surface area contributed by atoms with E-state index in [1.807, 2.05) is 12.1 Å². The highest BCUT2D eigenvalue weighted by Gasteiger charge is 2.22. The predicted octanol–water partition coefficient (Wildman–Crippen LogP) is 11.5. The normalized spacial score (nSPS) is 10.6. The number of aromatic carboxylic acids is 2. The molecular weight excluding hydrogens is 794 g/mol. The summed E-state index contributed by atoms with van der Waals surface area (Å²) in [5, 5.41) is 30.4. The van der Waals surface area contributed by atoms with Gasteiger partial charge in [0.15, 0.2) is 0 Å². The zero-order valence-electron chi connectivity index (χ0n) is 28.1. The van der Waals surface area contributed by atoms with Crippen molar-refractivity contribution in [2.75, 3.05) is 10.6 Å². The molecule has 0 aliphatic rings. The van der Waals surface area contributed by atoms with Crippen molar-refractivity contribution in [2.24, 2.45) is 0 Å². The van der Waals surface area contributed by atoms with E-state index in [2.05, 4.69) is 10.6 Å². The third-order valence-corrected chi connectivity index (χ3v) is 10.5. The van der Waals surface area contributed by atoms with Crippen LogP contribution >= 0.6 is 57.5 Å². The molecule has 6 rings (SSSR count). The van der Waals surface area contributed by atoms with Gasteiger partial charge < -0.3 is 20.8 Å². The van der Waals surface area contributed by atoms with E-state index >= 15 is 0 Å². The monoisotopic (exact) mass is 822 g/mol. The van der Waals surface area contributed by atoms with Gasteiger partial charge in [0.1, 0.15) is 26.9 Å². The molecule has 0 aliphatic heterocycles. The van der Waals surface area contributed by atoms with E-state index in [1.54, 1.807) is 83.6 Å². The summed E-state index contributed by atoms with van der Waals surface area (Å²) in [6, 6.07) is 26.9. The van der Waals surface area contributed by atoms with Crippen molar-refractivity contribution >= 4 is 91.2 Å². The number of rotatable bonds is 12. The molecule has 0 saturated carbocycles. The number of aryl methyl sites for hydroxylation is 2. The summed E-state index contributed by atoms with van der Waals surface area (Å²) in [4.78, 5) is 48.0. The average molecular weight is 824 g/mol. The van der Waals surface area contributed by atoms with Gasteiger partial charge in [-0.1, -0.05) is 83.3 Å². The van der Waals surface area contributed by atoms with E-state index < -0.39 is 11.9 Å². The van der Waals surface area contributed by atoms with Gasteiger partial charge in [-0.2, -0.15) is 0 Å². The maximum Gasteiger partial charge on any atom is 0.339 e. The standard InChI is InChI=1S/C20H15Cl2NO3S.C20H15ClFNO3S/c21-14-6-1-12(2-7-14)3-10-17(24)23-19-18(20(25)26)16(11-27-19)13-4-8-15(22)9-5-13;21-14-6-4-13(5-7-14)16-11-27-19(18(16)20(25)26)23-17(24)10-3-12-1-8-15(22)9-2-12/h2*1-2,4-9,11H,3,10H2,(H,23,24)(H,25,26). The first-order valence-electron chi connectivity index (χ1n) is 16.2. The van der Waals surface area contributed by atoms with Crippen molar-refractivity contribution < 1.29 is 33.8 Å². The topological polar surface area (TPSA) is 133 Å². The molecule has 0 saturated heterocycles. The van der Waals surface area contributed by atoms with Gasteiger partial charge in [-0.05, 0) is 83.6 Å². The van der Waals surface area contributed by atoms with E-state index in [0.29, 0.717) is 49.6 Å². The largest absolute Gasteiger partial charge is 0.478 e. The molecule has 0 unspecified atom stereocenters. The molecule has 0 bridgehead atoms. The van der Waals surface area contributed by atoms with Crippen LogP contribution in [0.1, 0.15) is 44.7 Å². The molecule has 2 aromatic heterocycles. The van der Waals surface area contributed by atoms with Crippen molar-refractivity contribution in [3.05, 3.63) is 151 Å². The molecule has 0 fully saturated rings. The second kappa shape index (κ2) is 18.8. The molecule has 54 heavy (non-hydrogen) atoms. The highest BCUT2D eigenvalue weighted by atomic mass is 35.5. The summed E-state index contributed by atoms with van der Waals surface area (Å²) in [7, 11) is 0. The van der Waals surface area contributed by atoms with Gasteiger partial charge in [0.25, 0.3) is 0 Å². The zero-order valence-corrected chi connectivity index (χ0v) is 32.0. The van der Waals surface area contributed by atoms with Gasteiger partial charge in [-0.15, -0.1) is 22.7 Å². The van der Waals surface area contributed by atoms with Crippen LogP contribution in [0.25, 0.3) is 22.3 Å². The third kappa shape index (κ3) is 11.0. The second-order valence-corrected chi connectivity index (χ2v) is 14.7. The number of amides is 2. The van der Waals surface area contributed by atoms with Gasteiger partial charge in [-0.3, -0.25) is 9.59 Å². The molecule has 2 amide bonds. The van der Waals surface area contributed by atoms with Crippen LogP contribution in [-0.4, -0.2) is 34.0 Å². The molecule has 14 heteroatoms. The Morgan fingerprint density at radius 3 is 1.22 bits per heavy atom. The SMILES string of the molecule is O=C(CCc1ccc(Cl)cc1)Nc1scc(-c2ccc(Cl)cc2)c1C(=O)O.O=C(CCc1ccc(F)cc1)Nc1scc(-c2ccc(Cl)cc2)c1C(=O)O. The third-order valence-electron chi connectivity index (χ3n) is 7.93. The second-order valence-electron chi connectivity index (χ2n) is 11.7. The molecule has 6 aromatic rings. The zero-order chi connectivity index (χ0) is 38.8. The van der Waals surface area contributed by atoms with Gasteiger partial charge >= 0.3 is 11.9 Å². The van der Waals surface area contributed by atoms with Gasteiger partial charge in [-0.25, -0.2) is 14.0 Å². The maximum atomic E-state index is 12.9. The van der Waals surface area contributed by atoms with E-state index in [-0.39, 0.29) is 46.6 Å². The predicted molar refractivity (Wildman–Crippen MR) is 215 cm³/mol. The van der Waals surface area contributed by atoms with Crippen LogP contribution in [0, 0.1) is 5.82 Å². The van der Waals surface area contributed by atoms with Crippen molar-refractivity contribution in [2.45, 2.75) is 25.7 Å². The number of benzene rings is 4. The number of hydrogen-bond donors (Lipinski definition) is 4. The summed E-state index contributed by atoms with van der Waals surface area (Å²) < 4.78 is 12.9. The number of halogens is 4. The van der Waals surface area contributed by atoms with E-state index in [0.717, 1.165) is 28.0 Å². The number of hydrogen-bond acceptors (Lipinski definition) is 6. The average Bonchev–Trinajstić information content (AvgIpc) is 3.77. The van der Waals surface area contributed by atoms with Crippen molar-refractivity contribution in [1.29, 1.82) is 0 Å². The van der Waals surface area contributed by atoms with E-state index in [1.165, 1.54) is 23.5 Å². The molecule has 8 nitrogen and oxygen atoms in total. The molecule has 276 valence electrons. The number of carbonyl (C=O) groups excluding carboxylic acids is 2. The fourth-order valence-corrected chi connectivity index (χ4v) is 7.54. The Hall–Kier alpha value is -5.04. The lowest BCUT2D eigenvalue weighted by atomic mass is 10.0. The number of carboxylic acids is 2. The van der Waals surface area contributed by atoms with Crippen molar-refractivity contribution in [3.8, 4) is 22.3 Å². The number of anilines is 2. The Labute approximate surface area is 332 Å². The summed E-state index contributed by atoms with van der Waals surface area (Å²) in [5.41, 5.74) is 4.48. The van der Waals surface area contributed by atoms with Crippen molar-refractivity contribution in [1.82, 2.24) is 0 Å². The van der Waals surface area contributed by atoms with Gasteiger partial charge in [0.2, 0.25) is 11.8 Å². The smallest absolute Gasteiger partial charge is 0.339 e. The summed E-state index contributed by atoms with van der Waals surface area (Å²) in [6.07, 6.45) is 1.39. The van der Waals surface area contributed by atoms with Gasteiger partial charge in [0.05, 0.1) is 0 Å². The molecular formula is C40H30Cl3FN2O6S2. The number of nitrogens with one attached hydrogen (secondary N) is 2. The van der Waals surface area contributed by atoms with Crippen LogP contribution in [-0.2, 0) is 22.4 Å². The Morgan fingerprint density at radius 1 is 0.537 bits per heavy atom. The minimum atomic E-state index is -1.12. The maximum absolute atomic E-state index is 12.9. The quantitative estimate of drug-likeness (QED) is 0.0971. The highest BCUT2D eigenvalue weighted by molar-refractivity contribution is 7.15. The number of carbonyl (C=O) groups is 4. The minimum absolute atomic E-state index is 0.0532. The van der Waals surface area contributed by atoms with E-state index in [9.17, 15) is 33.8 Å². The minimum Gasteiger partial charge on any atom is -0.478 e. The van der Waals surface area contributed by atoms with Crippen LogP contribution < -0.4 is 10.6 Å². The molecule has 0 radical (unpaired) electrons. The lowest BCUT2D eigenvalue weighted by molar-refractivity contribution is -0.117. The molecule has 4 aromatic carbocycles. The lowest BCUT2D eigenvalue weighted by Crippen LogP contribution is -2.14. The highest BCUT2D eigenvalue weighted by Crippen LogP contribution is 2.37. The number of carboxylic acid groups (broad SMARTS) is 2. The van der Waals surface area contributed by atoms with E-state index in [4.69, 9.17) is 34.8 Å². The Kier molecular flexibility index (Phi) is 14.0. The van der Waals surface area contributed by atoms with Crippen LogP contribution in [0.4, 0.5) is 14.4 Å². The Bertz CT molecular complexity index is 2100. The first kappa shape index (κ1) is 40.2. The Morgan fingerprint density at radius 2 is 0.870 bits per heavy atom. The number of thiophene rings is 2. The van der Waals surface area contributed by atoms with Crippen molar-refractivity contribution in [3.63, 3.8) is 0 Å². The summed E-state index contributed by atoms with van der Waals surface area (Å²) in [6.45, 7) is 0. The fraction of sp³-hybridized carbons (Fsp3) is 0.100. The van der Waals surface area contributed by atoms with Crippen LogP contribution in [0.5, 0.6) is 0 Å². The molecule has 0 spiro atoms. The lowest BCUT2D eigenvalue weighted by Gasteiger charge is -2.06. The molecule has 0 aliphatic carbocycles. The molecule has 0 atom stereocenters. The first-order valence-corrected chi connectivity index (χ1v) is 19.1. The fourth-order valence-electron chi connectivity index (χ4n) is 5.20. The summed E-state index contributed by atoms with van der Waals surface area (Å²) in [5.74, 6) is -3.07. The van der Waals surface area contributed by atoms with Crippen LogP contribution in [0.3, 0.4) is 0 Å². The summed E-state index contributed by atoms with van der Waals surface area (Å²) >= 11 is 20.0. The Balaban J connectivity index is 0.000000208. The molecule has 4 N–H and O–H groups in total. The van der Waals surface area contributed by atoms with Crippen LogP contribution in [0.2, 0.25) is 15.1 Å².